The predicted octanol–water partition coefficient (Wildman–Crippen LogP) is 6.39. The first kappa shape index (κ1) is 35.5. The number of carbonyl (C=O) groups is 3. The van der Waals surface area contributed by atoms with Crippen LogP contribution in [-0.4, -0.2) is 69.1 Å². The summed E-state index contributed by atoms with van der Waals surface area (Å²) in [4.78, 5) is 39.2. The van der Waals surface area contributed by atoms with Gasteiger partial charge in [-0.2, -0.15) is 0 Å². The van der Waals surface area contributed by atoms with Crippen LogP contribution in [0, 0.1) is 34.5 Å². The lowest BCUT2D eigenvalue weighted by atomic mass is 9.44. The molecule has 7 heteroatoms. The summed E-state index contributed by atoms with van der Waals surface area (Å²) >= 11 is 0. The number of aliphatic hydroxyl groups is 3. The average Bonchev–Trinajstić information content (AvgIpc) is 3.53. The fourth-order valence-corrected chi connectivity index (χ4v) is 10.4. The predicted molar refractivity (Wildman–Crippen MR) is 173 cm³/mol. The van der Waals surface area contributed by atoms with Crippen LogP contribution >= 0.6 is 0 Å². The first-order chi connectivity index (χ1) is 21.0. The van der Waals surface area contributed by atoms with Crippen LogP contribution in [0.4, 0.5) is 0 Å². The molecule has 1 saturated heterocycles. The van der Waals surface area contributed by atoms with E-state index in [9.17, 15) is 29.7 Å². The third-order valence-electron chi connectivity index (χ3n) is 13.0. The van der Waals surface area contributed by atoms with Gasteiger partial charge in [0, 0.05) is 37.3 Å². The topological polar surface area (TPSA) is 115 Å². The van der Waals surface area contributed by atoms with Crippen LogP contribution in [0.3, 0.4) is 0 Å². The highest BCUT2D eigenvalue weighted by Crippen LogP contribution is 2.67. The van der Waals surface area contributed by atoms with Crippen molar-refractivity contribution in [2.45, 2.75) is 161 Å². The third kappa shape index (κ3) is 7.30. The van der Waals surface area contributed by atoms with Crippen LogP contribution in [-0.2, 0) is 14.4 Å². The molecule has 1 heterocycles. The SMILES string of the molecule is CCCCCCCCCCCCN1CCCC1=O.C[C@]12CC[C@@H](O)C[C@H]1CC[C@@H]1[C@@H]2C(=O)C[C@@]2(C)[C@H]1CC[C@]2(O)C(=O)CO. The van der Waals surface area contributed by atoms with Gasteiger partial charge in [-0.15, -0.1) is 0 Å². The lowest BCUT2D eigenvalue weighted by Crippen LogP contribution is -2.62. The maximum Gasteiger partial charge on any atom is 0.222 e. The lowest BCUT2D eigenvalue weighted by molar-refractivity contribution is -0.180. The molecule has 252 valence electrons. The molecule has 5 rings (SSSR count). The van der Waals surface area contributed by atoms with Crippen molar-refractivity contribution in [3.8, 4) is 0 Å². The first-order valence-corrected chi connectivity index (χ1v) is 18.4. The van der Waals surface area contributed by atoms with Crippen molar-refractivity contribution >= 4 is 17.5 Å². The van der Waals surface area contributed by atoms with E-state index in [1.807, 2.05) is 11.8 Å². The van der Waals surface area contributed by atoms with Gasteiger partial charge in [-0.25, -0.2) is 0 Å². The molecule has 3 N–H and O–H groups in total. The minimum Gasteiger partial charge on any atom is -0.393 e. The Morgan fingerprint density at radius 2 is 1.57 bits per heavy atom. The monoisotopic (exact) mass is 617 g/mol. The van der Waals surface area contributed by atoms with E-state index in [2.05, 4.69) is 13.8 Å². The molecular formula is C37H63NO6. The number of unbranched alkanes of at least 4 members (excludes halogenated alkanes) is 9. The molecule has 5 aliphatic rings. The van der Waals surface area contributed by atoms with E-state index in [1.54, 1.807) is 0 Å². The maximum absolute atomic E-state index is 13.4. The lowest BCUT2D eigenvalue weighted by Gasteiger charge is -2.60. The Morgan fingerprint density at radius 1 is 0.909 bits per heavy atom. The van der Waals surface area contributed by atoms with Crippen LogP contribution in [0.1, 0.15) is 149 Å². The Labute approximate surface area is 266 Å². The Morgan fingerprint density at radius 3 is 2.18 bits per heavy atom. The molecular weight excluding hydrogens is 554 g/mol. The molecule has 4 aliphatic carbocycles. The summed E-state index contributed by atoms with van der Waals surface area (Å²) in [6, 6.07) is 0. The molecule has 1 amide bonds. The van der Waals surface area contributed by atoms with Crippen molar-refractivity contribution in [3.05, 3.63) is 0 Å². The molecule has 0 spiro atoms. The van der Waals surface area contributed by atoms with Crippen molar-refractivity contribution in [1.29, 1.82) is 0 Å². The highest BCUT2D eigenvalue weighted by molar-refractivity contribution is 5.92. The van der Waals surface area contributed by atoms with Crippen LogP contribution in [0.2, 0.25) is 0 Å². The van der Waals surface area contributed by atoms with E-state index < -0.39 is 23.4 Å². The summed E-state index contributed by atoms with van der Waals surface area (Å²) in [5, 5.41) is 30.6. The smallest absolute Gasteiger partial charge is 0.222 e. The third-order valence-corrected chi connectivity index (χ3v) is 13.0. The summed E-state index contributed by atoms with van der Waals surface area (Å²) in [6.07, 6.45) is 21.0. The second-order valence-corrected chi connectivity index (χ2v) is 15.7. The second-order valence-electron chi connectivity index (χ2n) is 15.7. The Kier molecular flexibility index (Phi) is 12.5. The molecule has 8 atom stereocenters. The van der Waals surface area contributed by atoms with Gasteiger partial charge in [-0.1, -0.05) is 78.6 Å². The van der Waals surface area contributed by atoms with Gasteiger partial charge in [0.05, 0.1) is 6.10 Å². The molecule has 0 aromatic heterocycles. The van der Waals surface area contributed by atoms with Crippen molar-refractivity contribution in [3.63, 3.8) is 0 Å². The molecule has 0 radical (unpaired) electrons. The van der Waals surface area contributed by atoms with E-state index in [-0.39, 0.29) is 41.5 Å². The highest BCUT2D eigenvalue weighted by Gasteiger charge is 2.68. The minimum absolute atomic E-state index is 0.0154. The van der Waals surface area contributed by atoms with Crippen LogP contribution in [0.15, 0.2) is 0 Å². The minimum atomic E-state index is -1.58. The molecule has 44 heavy (non-hydrogen) atoms. The molecule has 5 fully saturated rings. The number of carbonyl (C=O) groups excluding carboxylic acids is 3. The fraction of sp³-hybridized carbons (Fsp3) is 0.919. The summed E-state index contributed by atoms with van der Waals surface area (Å²) in [5.41, 5.74) is -2.40. The van der Waals surface area contributed by atoms with Gasteiger partial charge in [-0.05, 0) is 81.0 Å². The fourth-order valence-electron chi connectivity index (χ4n) is 10.4. The van der Waals surface area contributed by atoms with Crippen molar-refractivity contribution in [2.24, 2.45) is 34.5 Å². The number of fused-ring (bicyclic) bond motifs is 5. The van der Waals surface area contributed by atoms with Gasteiger partial charge in [0.25, 0.3) is 0 Å². The number of amides is 1. The van der Waals surface area contributed by atoms with E-state index in [0.29, 0.717) is 18.2 Å². The average molecular weight is 618 g/mol. The van der Waals surface area contributed by atoms with Crippen LogP contribution < -0.4 is 0 Å². The van der Waals surface area contributed by atoms with Gasteiger partial charge >= 0.3 is 0 Å². The number of hydrogen-bond acceptors (Lipinski definition) is 6. The highest BCUT2D eigenvalue weighted by atomic mass is 16.3. The van der Waals surface area contributed by atoms with Crippen molar-refractivity contribution in [1.82, 2.24) is 4.90 Å². The largest absolute Gasteiger partial charge is 0.393 e. The number of rotatable bonds is 13. The number of ketones is 2. The Bertz CT molecular complexity index is 985. The first-order valence-electron chi connectivity index (χ1n) is 18.4. The standard InChI is InChI=1S/C21H32O5.C16H31NO/c1-19-7-5-13(23)9-12(19)3-4-14-15-6-8-21(26,17(25)11-22)20(15,2)10-16(24)18(14)19;1-2-3-4-5-6-7-8-9-10-11-14-17-15-12-13-16(17)18/h12-15,18,22-23,26H,3-11H2,1-2H3;2-15H2,1H3/t12-,13-,14+,15+,18-,19+,20+,21+;/m1./s1. The van der Waals surface area contributed by atoms with Gasteiger partial charge in [0.15, 0.2) is 5.78 Å². The zero-order chi connectivity index (χ0) is 32.0. The van der Waals surface area contributed by atoms with Crippen molar-refractivity contribution in [2.75, 3.05) is 19.7 Å². The number of aliphatic hydroxyl groups excluding tert-OH is 2. The van der Waals surface area contributed by atoms with Gasteiger partial charge in [0.2, 0.25) is 5.91 Å². The normalized spacial score (nSPS) is 38.0. The number of Topliss-reactive ketones (excluding diaryl/α,β-unsaturated/α-hetero) is 2. The Balaban J connectivity index is 0.000000217. The van der Waals surface area contributed by atoms with Gasteiger partial charge in [0.1, 0.15) is 18.0 Å². The summed E-state index contributed by atoms with van der Waals surface area (Å²) < 4.78 is 0. The summed E-state index contributed by atoms with van der Waals surface area (Å²) in [5.74, 6) is 0.760. The van der Waals surface area contributed by atoms with Gasteiger partial charge < -0.3 is 20.2 Å². The molecule has 7 nitrogen and oxygen atoms in total. The van der Waals surface area contributed by atoms with Crippen molar-refractivity contribution < 1.29 is 29.7 Å². The van der Waals surface area contributed by atoms with E-state index in [4.69, 9.17) is 0 Å². The number of hydrogen-bond donors (Lipinski definition) is 3. The quantitative estimate of drug-likeness (QED) is 0.206. The molecule has 0 aromatic carbocycles. The molecule has 0 unspecified atom stereocenters. The van der Waals surface area contributed by atoms with Gasteiger partial charge in [-0.3, -0.25) is 14.4 Å². The molecule has 1 aliphatic heterocycles. The Hall–Kier alpha value is -1.31. The maximum atomic E-state index is 13.4. The second kappa shape index (κ2) is 15.5. The van der Waals surface area contributed by atoms with E-state index in [1.165, 1.54) is 64.2 Å². The molecule has 0 bridgehead atoms. The number of likely N-dealkylation sites (tertiary alicyclic amines) is 1. The van der Waals surface area contributed by atoms with E-state index >= 15 is 0 Å². The van der Waals surface area contributed by atoms with Crippen LogP contribution in [0.25, 0.3) is 0 Å². The van der Waals surface area contributed by atoms with Crippen LogP contribution in [0.5, 0.6) is 0 Å². The summed E-state index contributed by atoms with van der Waals surface area (Å²) in [7, 11) is 0. The zero-order valence-electron chi connectivity index (χ0n) is 28.2. The van der Waals surface area contributed by atoms with E-state index in [0.717, 1.165) is 64.5 Å². The zero-order valence-corrected chi connectivity index (χ0v) is 28.2. The molecule has 0 aromatic rings. The summed E-state index contributed by atoms with van der Waals surface area (Å²) in [6.45, 7) is 7.75. The number of nitrogens with zero attached hydrogens (tertiary/aromatic N) is 1. The molecule has 4 saturated carbocycles.